The third-order valence-corrected chi connectivity index (χ3v) is 1.96. The molecule has 2 N–H and O–H groups in total. The number of aliphatic hydroxyl groups is 1. The molecule has 0 atom stereocenters. The fourth-order valence-corrected chi connectivity index (χ4v) is 1.12. The van der Waals surface area contributed by atoms with E-state index < -0.39 is 23.5 Å². The van der Waals surface area contributed by atoms with E-state index in [4.69, 9.17) is 5.11 Å². The number of rotatable bonds is 1. The zero-order valence-electron chi connectivity index (χ0n) is 7.52. The van der Waals surface area contributed by atoms with Crippen molar-refractivity contribution < 1.29 is 36.4 Å². The van der Waals surface area contributed by atoms with Gasteiger partial charge in [-0.2, -0.15) is 26.3 Å². The van der Waals surface area contributed by atoms with Gasteiger partial charge in [-0.25, -0.2) is 4.98 Å². The highest BCUT2D eigenvalue weighted by atomic mass is 19.4. The Bertz CT molecular complexity index is 343. The average molecular weight is 246 g/mol. The summed E-state index contributed by atoms with van der Waals surface area (Å²) in [6.07, 6.45) is -9.96. The summed E-state index contributed by atoms with van der Waals surface area (Å²) in [6.45, 7) is 0. The van der Waals surface area contributed by atoms with E-state index in [-0.39, 0.29) is 0 Å². The van der Waals surface area contributed by atoms with Gasteiger partial charge in [-0.1, -0.05) is 0 Å². The number of nitrogens with one attached hydrogen (secondary N) is 1. The summed E-state index contributed by atoms with van der Waals surface area (Å²) in [7, 11) is 0. The smallest absolute Gasteiger partial charge is 0.369 e. The Labute approximate surface area is 85.5 Å². The van der Waals surface area contributed by atoms with Crippen molar-refractivity contribution in [2.75, 3.05) is 0 Å². The van der Waals surface area contributed by atoms with Crippen LogP contribution in [0.1, 0.15) is 5.56 Å². The number of hydrogen-bond acceptors (Lipinski definition) is 1. The van der Waals surface area contributed by atoms with Gasteiger partial charge >= 0.3 is 12.4 Å². The monoisotopic (exact) mass is 246 g/mol. The molecule has 0 radical (unpaired) electrons. The lowest BCUT2D eigenvalue weighted by atomic mass is 9.93. The van der Waals surface area contributed by atoms with E-state index >= 15 is 0 Å². The normalized spacial score (nSPS) is 13.9. The molecule has 0 bridgehead atoms. The SMILES string of the molecule is OC(c1cc[nH+]cc1)(C(F)(F)F)C(F)(F)F. The van der Waals surface area contributed by atoms with Crippen LogP contribution >= 0.6 is 0 Å². The zero-order chi connectivity index (χ0) is 12.6. The molecular weight excluding hydrogens is 240 g/mol. The number of hydrogen-bond donors (Lipinski definition) is 1. The number of aromatic nitrogens is 1. The molecule has 0 aliphatic rings. The Kier molecular flexibility index (Phi) is 2.88. The lowest BCUT2D eigenvalue weighted by molar-refractivity contribution is -0.385. The first kappa shape index (κ1) is 12.8. The molecule has 16 heavy (non-hydrogen) atoms. The van der Waals surface area contributed by atoms with Crippen molar-refractivity contribution in [2.24, 2.45) is 0 Å². The van der Waals surface area contributed by atoms with Gasteiger partial charge in [0.1, 0.15) is 0 Å². The van der Waals surface area contributed by atoms with Gasteiger partial charge in [0, 0.05) is 17.7 Å². The van der Waals surface area contributed by atoms with E-state index in [2.05, 4.69) is 4.98 Å². The standard InChI is InChI=1S/C8H5F6NO/c9-7(10,11)6(16,8(12,13)14)5-1-3-15-4-2-5/h1-4,16H/p+1. The van der Waals surface area contributed by atoms with Gasteiger partial charge in [-0.05, 0) is 0 Å². The highest BCUT2D eigenvalue weighted by Gasteiger charge is 2.71. The molecule has 0 amide bonds. The third-order valence-electron chi connectivity index (χ3n) is 1.96. The zero-order valence-corrected chi connectivity index (χ0v) is 7.52. The van der Waals surface area contributed by atoms with E-state index in [0.29, 0.717) is 12.1 Å². The van der Waals surface area contributed by atoms with E-state index in [1.165, 1.54) is 0 Å². The van der Waals surface area contributed by atoms with Gasteiger partial charge in [-0.3, -0.25) is 0 Å². The molecule has 2 nitrogen and oxygen atoms in total. The van der Waals surface area contributed by atoms with Crippen molar-refractivity contribution in [3.63, 3.8) is 0 Å². The van der Waals surface area contributed by atoms with Crippen molar-refractivity contribution in [2.45, 2.75) is 18.0 Å². The lowest BCUT2D eigenvalue weighted by Crippen LogP contribution is -2.54. The van der Waals surface area contributed by atoms with Crippen LogP contribution in [0.3, 0.4) is 0 Å². The summed E-state index contributed by atoms with van der Waals surface area (Å²) in [5, 5.41) is 8.89. The van der Waals surface area contributed by atoms with Crippen molar-refractivity contribution >= 4 is 0 Å². The Morgan fingerprint density at radius 2 is 1.25 bits per heavy atom. The summed E-state index contributed by atoms with van der Waals surface area (Å²) in [4.78, 5) is 2.26. The van der Waals surface area contributed by atoms with Crippen LogP contribution in [0.2, 0.25) is 0 Å². The average Bonchev–Trinajstić information content (AvgIpc) is 2.14. The Hall–Kier alpha value is -1.31. The van der Waals surface area contributed by atoms with Gasteiger partial charge < -0.3 is 5.11 Å². The third kappa shape index (κ3) is 1.84. The van der Waals surface area contributed by atoms with Crippen LogP contribution in [0.5, 0.6) is 0 Å². The maximum Gasteiger partial charge on any atom is 0.430 e. The van der Waals surface area contributed by atoms with Gasteiger partial charge in [0.05, 0.1) is 0 Å². The van der Waals surface area contributed by atoms with Gasteiger partial charge in [0.15, 0.2) is 12.4 Å². The highest BCUT2D eigenvalue weighted by Crippen LogP contribution is 2.49. The maximum absolute atomic E-state index is 12.3. The van der Waals surface area contributed by atoms with Crippen molar-refractivity contribution in [1.82, 2.24) is 0 Å². The van der Waals surface area contributed by atoms with Crippen LogP contribution in [0.25, 0.3) is 0 Å². The van der Waals surface area contributed by atoms with Crippen LogP contribution in [-0.4, -0.2) is 17.5 Å². The molecule has 1 aromatic heterocycles. The quantitative estimate of drug-likeness (QED) is 0.753. The summed E-state index contributed by atoms with van der Waals surface area (Å²) >= 11 is 0. The molecule has 0 spiro atoms. The number of alkyl halides is 6. The highest BCUT2D eigenvalue weighted by molar-refractivity contribution is 5.22. The Morgan fingerprint density at radius 1 is 0.875 bits per heavy atom. The second-order valence-electron chi connectivity index (χ2n) is 2.99. The predicted octanol–water partition coefficient (Wildman–Crippen LogP) is 1.81. The van der Waals surface area contributed by atoms with Crippen molar-refractivity contribution in [1.29, 1.82) is 0 Å². The lowest BCUT2D eigenvalue weighted by Gasteiger charge is -2.31. The molecule has 8 heteroatoms. The van der Waals surface area contributed by atoms with E-state index in [1.807, 2.05) is 0 Å². The minimum atomic E-state index is -5.84. The Morgan fingerprint density at radius 3 is 1.56 bits per heavy atom. The number of pyridine rings is 1. The van der Waals surface area contributed by atoms with Crippen molar-refractivity contribution in [3.05, 3.63) is 30.1 Å². The fraction of sp³-hybridized carbons (Fsp3) is 0.375. The largest absolute Gasteiger partial charge is 0.430 e. The predicted molar refractivity (Wildman–Crippen MR) is 39.0 cm³/mol. The van der Waals surface area contributed by atoms with Crippen molar-refractivity contribution in [3.8, 4) is 0 Å². The van der Waals surface area contributed by atoms with E-state index in [0.717, 1.165) is 12.4 Å². The van der Waals surface area contributed by atoms with Crippen LogP contribution in [0.4, 0.5) is 26.3 Å². The second kappa shape index (κ2) is 3.62. The van der Waals surface area contributed by atoms with Gasteiger partial charge in [-0.15, -0.1) is 0 Å². The topological polar surface area (TPSA) is 34.4 Å². The molecule has 1 aromatic rings. The summed E-state index contributed by atoms with van der Waals surface area (Å²) in [6, 6.07) is 1.03. The number of aromatic amines is 1. The molecule has 0 aliphatic heterocycles. The van der Waals surface area contributed by atoms with Crippen LogP contribution in [-0.2, 0) is 5.60 Å². The van der Waals surface area contributed by atoms with Crippen LogP contribution in [0.15, 0.2) is 24.5 Å². The summed E-state index contributed by atoms with van der Waals surface area (Å²) < 4.78 is 73.8. The van der Waals surface area contributed by atoms with Crippen LogP contribution in [0, 0.1) is 0 Å². The molecule has 0 saturated heterocycles. The number of H-pyrrole nitrogens is 1. The maximum atomic E-state index is 12.3. The second-order valence-corrected chi connectivity index (χ2v) is 2.99. The molecule has 0 aliphatic carbocycles. The first-order valence-corrected chi connectivity index (χ1v) is 3.93. The molecule has 0 aromatic carbocycles. The molecule has 0 saturated carbocycles. The van der Waals surface area contributed by atoms with E-state index in [9.17, 15) is 26.3 Å². The molecule has 1 rings (SSSR count). The van der Waals surface area contributed by atoms with Gasteiger partial charge in [0.2, 0.25) is 0 Å². The van der Waals surface area contributed by atoms with Gasteiger partial charge in [0.25, 0.3) is 5.60 Å². The summed E-state index contributed by atoms with van der Waals surface area (Å²) in [5.41, 5.74) is -6.14. The van der Waals surface area contributed by atoms with E-state index in [1.54, 1.807) is 0 Å². The first-order chi connectivity index (χ1) is 7.11. The minimum absolute atomic E-state index is 0.515. The molecular formula is C8H6F6NO+. The molecule has 1 heterocycles. The molecule has 0 unspecified atom stereocenters. The fourth-order valence-electron chi connectivity index (χ4n) is 1.12. The summed E-state index contributed by atoms with van der Waals surface area (Å²) in [5.74, 6) is 0. The number of halogens is 6. The molecule has 90 valence electrons. The Balaban J connectivity index is 3.39. The molecule has 0 fully saturated rings. The first-order valence-electron chi connectivity index (χ1n) is 3.93. The minimum Gasteiger partial charge on any atom is -0.369 e. The van der Waals surface area contributed by atoms with Crippen LogP contribution < -0.4 is 4.98 Å².